The number of esters is 1. The van der Waals surface area contributed by atoms with E-state index in [1.165, 1.54) is 5.56 Å². The van der Waals surface area contributed by atoms with Gasteiger partial charge in [0, 0.05) is 13.6 Å². The van der Waals surface area contributed by atoms with Gasteiger partial charge in [-0.3, -0.25) is 0 Å². The fourth-order valence-electron chi connectivity index (χ4n) is 3.20. The highest BCUT2D eigenvalue weighted by atomic mass is 127. The standard InChI is InChI=1S/C25H18BrI2NO4/c1-14-5-3-4-6-17(14)13-32-23-20(28)9-15(11-22(23)31-2)10-21-25(30)33-24(29-21)16-7-8-19(27)18(26)12-16/h3-12H,13H2,1-2H3/b21-10-. The molecule has 0 saturated carbocycles. The van der Waals surface area contributed by atoms with Gasteiger partial charge in [0.1, 0.15) is 6.61 Å². The van der Waals surface area contributed by atoms with Gasteiger partial charge in [0.2, 0.25) is 5.90 Å². The Kier molecular flexibility index (Phi) is 7.75. The van der Waals surface area contributed by atoms with Crippen LogP contribution in [0.3, 0.4) is 0 Å². The van der Waals surface area contributed by atoms with Crippen LogP contribution in [0.4, 0.5) is 0 Å². The van der Waals surface area contributed by atoms with Crippen molar-refractivity contribution < 1.29 is 19.0 Å². The molecule has 0 aliphatic carbocycles. The maximum atomic E-state index is 12.4. The topological polar surface area (TPSA) is 57.1 Å². The molecule has 33 heavy (non-hydrogen) atoms. The number of carbonyl (C=O) groups excluding carboxylic acids is 1. The van der Waals surface area contributed by atoms with Crippen molar-refractivity contribution in [3.8, 4) is 11.5 Å². The van der Waals surface area contributed by atoms with Crippen LogP contribution >= 0.6 is 61.1 Å². The number of nitrogens with zero attached hydrogens (tertiary/aromatic N) is 1. The highest BCUT2D eigenvalue weighted by Crippen LogP contribution is 2.36. The number of aliphatic imine (C=N–C) groups is 1. The molecular weight excluding hydrogens is 712 g/mol. The molecule has 0 aromatic heterocycles. The Labute approximate surface area is 227 Å². The first-order valence-electron chi connectivity index (χ1n) is 9.88. The van der Waals surface area contributed by atoms with Crippen LogP contribution in [0.1, 0.15) is 22.3 Å². The van der Waals surface area contributed by atoms with Crippen LogP contribution in [-0.4, -0.2) is 19.0 Å². The van der Waals surface area contributed by atoms with Crippen LogP contribution in [0.25, 0.3) is 6.08 Å². The van der Waals surface area contributed by atoms with Gasteiger partial charge in [0.05, 0.1) is 10.7 Å². The summed E-state index contributed by atoms with van der Waals surface area (Å²) >= 11 is 7.92. The van der Waals surface area contributed by atoms with Crippen LogP contribution in [0.15, 0.2) is 69.8 Å². The highest BCUT2D eigenvalue weighted by molar-refractivity contribution is 14.1. The molecule has 168 valence electrons. The van der Waals surface area contributed by atoms with Crippen LogP contribution in [-0.2, 0) is 16.1 Å². The summed E-state index contributed by atoms with van der Waals surface area (Å²) in [5.41, 5.74) is 4.00. The van der Waals surface area contributed by atoms with Gasteiger partial charge < -0.3 is 14.2 Å². The quantitative estimate of drug-likeness (QED) is 0.158. The molecule has 8 heteroatoms. The van der Waals surface area contributed by atoms with Crippen LogP contribution in [0.5, 0.6) is 11.5 Å². The Balaban J connectivity index is 1.60. The summed E-state index contributed by atoms with van der Waals surface area (Å²) in [5.74, 6) is 1.03. The third-order valence-electron chi connectivity index (χ3n) is 4.98. The highest BCUT2D eigenvalue weighted by Gasteiger charge is 2.25. The molecule has 0 N–H and O–H groups in total. The number of benzene rings is 3. The first kappa shape index (κ1) is 24.2. The summed E-state index contributed by atoms with van der Waals surface area (Å²) in [6.07, 6.45) is 1.69. The predicted molar refractivity (Wildman–Crippen MR) is 149 cm³/mol. The normalized spacial score (nSPS) is 14.3. The van der Waals surface area contributed by atoms with Crippen LogP contribution in [0, 0.1) is 14.1 Å². The van der Waals surface area contributed by atoms with E-state index in [4.69, 9.17) is 14.2 Å². The summed E-state index contributed by atoms with van der Waals surface area (Å²) in [6.45, 7) is 2.49. The van der Waals surface area contributed by atoms with Crippen molar-refractivity contribution in [1.82, 2.24) is 0 Å². The number of rotatable bonds is 6. The molecule has 3 aromatic rings. The molecule has 0 bridgehead atoms. The Morgan fingerprint density at radius 3 is 2.61 bits per heavy atom. The summed E-state index contributed by atoms with van der Waals surface area (Å²) in [6, 6.07) is 17.5. The molecule has 0 fully saturated rings. The first-order chi connectivity index (χ1) is 15.9. The van der Waals surface area contributed by atoms with Gasteiger partial charge in [-0.05, 0) is 121 Å². The SMILES string of the molecule is COc1cc(/C=C2\N=C(c3ccc(I)c(Br)c3)OC2=O)cc(I)c1OCc1ccccc1C. The molecule has 0 radical (unpaired) electrons. The average Bonchev–Trinajstić information content (AvgIpc) is 3.15. The number of carbonyl (C=O) groups is 1. The molecule has 0 spiro atoms. The van der Waals surface area contributed by atoms with Crippen molar-refractivity contribution in [3.05, 3.63) is 94.2 Å². The van der Waals surface area contributed by atoms with Gasteiger partial charge in [0.15, 0.2) is 17.2 Å². The lowest BCUT2D eigenvalue weighted by atomic mass is 10.1. The molecule has 4 rings (SSSR count). The number of methoxy groups -OCH3 is 1. The number of hydrogen-bond donors (Lipinski definition) is 0. The van der Waals surface area contributed by atoms with Gasteiger partial charge in [-0.2, -0.15) is 0 Å². The Hall–Kier alpha value is -1.92. The number of aryl methyl sites for hydroxylation is 1. The van der Waals surface area contributed by atoms with Crippen molar-refractivity contribution in [2.24, 2.45) is 4.99 Å². The van der Waals surface area contributed by atoms with E-state index in [9.17, 15) is 4.79 Å². The van der Waals surface area contributed by atoms with Crippen LogP contribution in [0.2, 0.25) is 0 Å². The Morgan fingerprint density at radius 1 is 1.09 bits per heavy atom. The number of hydrogen-bond acceptors (Lipinski definition) is 5. The van der Waals surface area contributed by atoms with E-state index in [1.807, 2.05) is 48.5 Å². The Bertz CT molecular complexity index is 1300. The van der Waals surface area contributed by atoms with E-state index in [0.717, 1.165) is 28.3 Å². The van der Waals surface area contributed by atoms with Gasteiger partial charge in [0.25, 0.3) is 0 Å². The summed E-state index contributed by atoms with van der Waals surface area (Å²) in [4.78, 5) is 16.8. The average molecular weight is 730 g/mol. The maximum absolute atomic E-state index is 12.4. The molecular formula is C25H18BrI2NO4. The van der Waals surface area contributed by atoms with Crippen LogP contribution < -0.4 is 9.47 Å². The van der Waals surface area contributed by atoms with E-state index < -0.39 is 5.97 Å². The zero-order chi connectivity index (χ0) is 23.5. The monoisotopic (exact) mass is 729 g/mol. The summed E-state index contributed by atoms with van der Waals surface area (Å²) < 4.78 is 19.9. The van der Waals surface area contributed by atoms with Crippen molar-refractivity contribution >= 4 is 79.1 Å². The minimum absolute atomic E-state index is 0.228. The zero-order valence-corrected chi connectivity index (χ0v) is 23.6. The van der Waals surface area contributed by atoms with E-state index in [2.05, 4.69) is 79.1 Å². The van der Waals surface area contributed by atoms with E-state index >= 15 is 0 Å². The second-order valence-corrected chi connectivity index (χ2v) is 10.4. The molecule has 0 atom stereocenters. The lowest BCUT2D eigenvalue weighted by Crippen LogP contribution is -2.05. The molecule has 3 aromatic carbocycles. The molecule has 1 heterocycles. The third-order valence-corrected chi connectivity index (χ3v) is 8.11. The summed E-state index contributed by atoms with van der Waals surface area (Å²) in [7, 11) is 1.59. The second-order valence-electron chi connectivity index (χ2n) is 7.21. The fourth-order valence-corrected chi connectivity index (χ4v) is 4.70. The van der Waals surface area contributed by atoms with Gasteiger partial charge in [-0.15, -0.1) is 0 Å². The molecule has 0 saturated heterocycles. The number of ether oxygens (including phenoxy) is 3. The first-order valence-corrected chi connectivity index (χ1v) is 12.8. The van der Waals surface area contributed by atoms with E-state index in [0.29, 0.717) is 18.1 Å². The minimum atomic E-state index is -0.492. The predicted octanol–water partition coefficient (Wildman–Crippen LogP) is 6.90. The van der Waals surface area contributed by atoms with Gasteiger partial charge >= 0.3 is 5.97 Å². The molecule has 1 aliphatic heterocycles. The second kappa shape index (κ2) is 10.6. The molecule has 5 nitrogen and oxygen atoms in total. The lowest BCUT2D eigenvalue weighted by Gasteiger charge is -2.14. The smallest absolute Gasteiger partial charge is 0.363 e. The van der Waals surface area contributed by atoms with Crippen molar-refractivity contribution in [2.75, 3.05) is 7.11 Å². The molecule has 0 unspecified atom stereocenters. The third kappa shape index (κ3) is 5.60. The van der Waals surface area contributed by atoms with E-state index in [-0.39, 0.29) is 11.6 Å². The largest absolute Gasteiger partial charge is 0.493 e. The van der Waals surface area contributed by atoms with Gasteiger partial charge in [-0.25, -0.2) is 9.79 Å². The maximum Gasteiger partial charge on any atom is 0.363 e. The minimum Gasteiger partial charge on any atom is -0.493 e. The van der Waals surface area contributed by atoms with E-state index in [1.54, 1.807) is 13.2 Å². The van der Waals surface area contributed by atoms with Crippen molar-refractivity contribution in [1.29, 1.82) is 0 Å². The molecule has 0 amide bonds. The molecule has 1 aliphatic rings. The Morgan fingerprint density at radius 2 is 1.88 bits per heavy atom. The van der Waals surface area contributed by atoms with Crippen molar-refractivity contribution in [2.45, 2.75) is 13.5 Å². The zero-order valence-electron chi connectivity index (χ0n) is 17.7. The van der Waals surface area contributed by atoms with Gasteiger partial charge in [-0.1, -0.05) is 24.3 Å². The number of halogens is 3. The fraction of sp³-hybridized carbons (Fsp3) is 0.120. The number of cyclic esters (lactones) is 1. The lowest BCUT2D eigenvalue weighted by molar-refractivity contribution is -0.129. The van der Waals surface area contributed by atoms with Crippen molar-refractivity contribution in [3.63, 3.8) is 0 Å². The summed E-state index contributed by atoms with van der Waals surface area (Å²) in [5, 5.41) is 0.